The number of carbonyl (C=O) groups is 2. The normalized spacial score (nSPS) is 15.5. The highest BCUT2D eigenvalue weighted by Crippen LogP contribution is 2.34. The summed E-state index contributed by atoms with van der Waals surface area (Å²) in [6.07, 6.45) is 3.59. The van der Waals surface area contributed by atoms with Gasteiger partial charge in [0, 0.05) is 29.3 Å². The van der Waals surface area contributed by atoms with Gasteiger partial charge in [0.1, 0.15) is 12.4 Å². The van der Waals surface area contributed by atoms with Crippen molar-refractivity contribution in [3.05, 3.63) is 70.8 Å². The molecule has 4 rings (SSSR count). The number of hydrogen-bond acceptors (Lipinski definition) is 5. The minimum Gasteiger partial charge on any atom is -0.489 e. The molecule has 0 spiro atoms. The van der Waals surface area contributed by atoms with Crippen LogP contribution in [0, 0.1) is 0 Å². The Morgan fingerprint density at radius 1 is 1.13 bits per heavy atom. The second-order valence-electron chi connectivity index (χ2n) is 6.76. The molecule has 0 unspecified atom stereocenters. The Balaban J connectivity index is 1.52. The topological polar surface area (TPSA) is 71.6 Å². The van der Waals surface area contributed by atoms with Crippen LogP contribution < -0.4 is 4.74 Å². The fourth-order valence-corrected chi connectivity index (χ4v) is 4.06. The zero-order valence-corrected chi connectivity index (χ0v) is 17.4. The average molecular weight is 423 g/mol. The molecule has 1 aliphatic rings. The number of benzene rings is 2. The molecule has 0 bridgehead atoms. The summed E-state index contributed by atoms with van der Waals surface area (Å²) in [6.45, 7) is 3.52. The molecule has 0 aliphatic carbocycles. The predicted octanol–water partition coefficient (Wildman–Crippen LogP) is 4.82. The van der Waals surface area contributed by atoms with E-state index >= 15 is 0 Å². The first kappa shape index (κ1) is 20.3. The molecule has 0 saturated carbocycles. The summed E-state index contributed by atoms with van der Waals surface area (Å²) in [4.78, 5) is 29.7. The predicted molar refractivity (Wildman–Crippen MR) is 118 cm³/mol. The standard InChI is InChI=1S/C23H22N2O4S/c1-2-28-11-10-25-22(26)21(30-23(25)27)12-17-14-24-20-9-8-18(13-19(17)20)29-15-16-6-4-3-5-7-16/h3-9,12-14,24H,2,10-11,15H2,1H3. The number of thioether (sulfide) groups is 1. The number of H-pyrrole nitrogens is 1. The number of aromatic amines is 1. The van der Waals surface area contributed by atoms with Crippen LogP contribution in [0.1, 0.15) is 18.1 Å². The molecule has 1 saturated heterocycles. The van der Waals surface area contributed by atoms with Gasteiger partial charge in [-0.25, -0.2) is 0 Å². The van der Waals surface area contributed by atoms with Crippen molar-refractivity contribution in [3.8, 4) is 5.75 Å². The van der Waals surface area contributed by atoms with E-state index in [0.29, 0.717) is 24.7 Å². The van der Waals surface area contributed by atoms with Gasteiger partial charge in [-0.15, -0.1) is 0 Å². The third kappa shape index (κ3) is 4.42. The van der Waals surface area contributed by atoms with Crippen molar-refractivity contribution in [2.75, 3.05) is 19.8 Å². The maximum absolute atomic E-state index is 12.6. The Labute approximate surface area is 178 Å². The van der Waals surface area contributed by atoms with E-state index in [-0.39, 0.29) is 17.7 Å². The van der Waals surface area contributed by atoms with Crippen molar-refractivity contribution in [2.45, 2.75) is 13.5 Å². The lowest BCUT2D eigenvalue weighted by Crippen LogP contribution is -2.31. The third-order valence-corrected chi connectivity index (χ3v) is 5.66. The number of aromatic nitrogens is 1. The van der Waals surface area contributed by atoms with E-state index in [1.807, 2.05) is 61.7 Å². The molecule has 3 aromatic rings. The van der Waals surface area contributed by atoms with Crippen LogP contribution in [-0.4, -0.2) is 40.8 Å². The zero-order chi connectivity index (χ0) is 20.9. The van der Waals surface area contributed by atoms with E-state index in [4.69, 9.17) is 9.47 Å². The highest BCUT2D eigenvalue weighted by molar-refractivity contribution is 8.18. The summed E-state index contributed by atoms with van der Waals surface area (Å²) in [5.41, 5.74) is 2.86. The quantitative estimate of drug-likeness (QED) is 0.416. The maximum Gasteiger partial charge on any atom is 0.293 e. The van der Waals surface area contributed by atoms with Crippen LogP contribution in [0.2, 0.25) is 0 Å². The SMILES string of the molecule is CCOCCN1C(=O)SC(=Cc2c[nH]c3ccc(OCc4ccccc4)cc23)C1=O. The molecule has 0 atom stereocenters. The Morgan fingerprint density at radius 3 is 2.77 bits per heavy atom. The van der Waals surface area contributed by atoms with Crippen LogP contribution in [0.25, 0.3) is 17.0 Å². The Kier molecular flexibility index (Phi) is 6.21. The number of rotatable bonds is 8. The van der Waals surface area contributed by atoms with E-state index in [1.54, 1.807) is 6.08 Å². The van der Waals surface area contributed by atoms with Crippen molar-refractivity contribution in [2.24, 2.45) is 0 Å². The Bertz CT molecular complexity index is 1090. The van der Waals surface area contributed by atoms with Gasteiger partial charge in [-0.3, -0.25) is 14.5 Å². The number of nitrogens with one attached hydrogen (secondary N) is 1. The second-order valence-corrected chi connectivity index (χ2v) is 7.75. The van der Waals surface area contributed by atoms with Crippen LogP contribution in [0.3, 0.4) is 0 Å². The van der Waals surface area contributed by atoms with Crippen molar-refractivity contribution in [1.29, 1.82) is 0 Å². The molecule has 6 nitrogen and oxygen atoms in total. The molecule has 2 aromatic carbocycles. The summed E-state index contributed by atoms with van der Waals surface area (Å²) in [5, 5.41) is 0.666. The van der Waals surface area contributed by atoms with E-state index < -0.39 is 0 Å². The number of carbonyl (C=O) groups excluding carboxylic acids is 2. The minimum absolute atomic E-state index is 0.265. The Hall–Kier alpha value is -3.03. The van der Waals surface area contributed by atoms with E-state index in [0.717, 1.165) is 39.5 Å². The van der Waals surface area contributed by atoms with E-state index in [1.165, 1.54) is 4.90 Å². The number of amides is 2. The number of nitrogens with zero attached hydrogens (tertiary/aromatic N) is 1. The lowest BCUT2D eigenvalue weighted by atomic mass is 10.1. The lowest BCUT2D eigenvalue weighted by molar-refractivity contribution is -0.123. The first-order chi connectivity index (χ1) is 14.7. The number of imide groups is 1. The number of fused-ring (bicyclic) bond motifs is 1. The first-order valence-electron chi connectivity index (χ1n) is 9.76. The van der Waals surface area contributed by atoms with Crippen molar-refractivity contribution < 1.29 is 19.1 Å². The van der Waals surface area contributed by atoms with Crippen LogP contribution in [-0.2, 0) is 16.1 Å². The minimum atomic E-state index is -0.282. The highest BCUT2D eigenvalue weighted by atomic mass is 32.2. The van der Waals surface area contributed by atoms with Gasteiger partial charge in [0.15, 0.2) is 0 Å². The van der Waals surface area contributed by atoms with E-state index in [2.05, 4.69) is 4.98 Å². The van der Waals surface area contributed by atoms with Crippen molar-refractivity contribution in [3.63, 3.8) is 0 Å². The average Bonchev–Trinajstić information content (AvgIpc) is 3.28. The van der Waals surface area contributed by atoms with Gasteiger partial charge in [0.25, 0.3) is 11.1 Å². The number of ether oxygens (including phenoxy) is 2. The van der Waals surface area contributed by atoms with Gasteiger partial charge in [-0.05, 0) is 48.5 Å². The molecule has 2 heterocycles. The zero-order valence-electron chi connectivity index (χ0n) is 16.6. The van der Waals surface area contributed by atoms with E-state index in [9.17, 15) is 9.59 Å². The fourth-order valence-electron chi connectivity index (χ4n) is 3.21. The molecular formula is C23H22N2O4S. The van der Waals surface area contributed by atoms with Crippen molar-refractivity contribution in [1.82, 2.24) is 9.88 Å². The molecular weight excluding hydrogens is 400 g/mol. The van der Waals surface area contributed by atoms with Crippen molar-refractivity contribution >= 4 is 39.9 Å². The van der Waals surface area contributed by atoms with Crippen LogP contribution in [0.15, 0.2) is 59.6 Å². The third-order valence-electron chi connectivity index (χ3n) is 4.76. The van der Waals surface area contributed by atoms with Gasteiger partial charge in [-0.2, -0.15) is 0 Å². The number of hydrogen-bond donors (Lipinski definition) is 1. The van der Waals surface area contributed by atoms with Crippen LogP contribution in [0.4, 0.5) is 4.79 Å². The molecule has 1 fully saturated rings. The maximum atomic E-state index is 12.6. The molecule has 0 radical (unpaired) electrons. The molecule has 1 N–H and O–H groups in total. The first-order valence-corrected chi connectivity index (χ1v) is 10.6. The summed E-state index contributed by atoms with van der Waals surface area (Å²) >= 11 is 0.956. The van der Waals surface area contributed by atoms with Gasteiger partial charge < -0.3 is 14.5 Å². The summed E-state index contributed by atoms with van der Waals surface area (Å²) in [7, 11) is 0. The highest BCUT2D eigenvalue weighted by Gasteiger charge is 2.34. The molecule has 1 aliphatic heterocycles. The van der Waals surface area contributed by atoms with Gasteiger partial charge in [-0.1, -0.05) is 30.3 Å². The van der Waals surface area contributed by atoms with Gasteiger partial charge >= 0.3 is 0 Å². The van der Waals surface area contributed by atoms with Crippen LogP contribution in [0.5, 0.6) is 5.75 Å². The molecule has 30 heavy (non-hydrogen) atoms. The molecule has 2 amide bonds. The summed E-state index contributed by atoms with van der Waals surface area (Å²) in [6, 6.07) is 15.8. The smallest absolute Gasteiger partial charge is 0.293 e. The molecule has 7 heteroatoms. The largest absolute Gasteiger partial charge is 0.489 e. The molecule has 1 aromatic heterocycles. The molecule has 154 valence electrons. The monoisotopic (exact) mass is 422 g/mol. The Morgan fingerprint density at radius 2 is 1.97 bits per heavy atom. The second kappa shape index (κ2) is 9.19. The summed E-state index contributed by atoms with van der Waals surface area (Å²) < 4.78 is 11.2. The van der Waals surface area contributed by atoms with Gasteiger partial charge in [0.05, 0.1) is 18.1 Å². The fraction of sp³-hybridized carbons (Fsp3) is 0.217. The summed E-state index contributed by atoms with van der Waals surface area (Å²) in [5.74, 6) is 0.459. The lowest BCUT2D eigenvalue weighted by Gasteiger charge is -2.11. The van der Waals surface area contributed by atoms with Gasteiger partial charge in [0.2, 0.25) is 0 Å². The van der Waals surface area contributed by atoms with Crippen LogP contribution >= 0.6 is 11.8 Å².